The fraction of sp³-hybridized carbons (Fsp3) is 0.105. The summed E-state index contributed by atoms with van der Waals surface area (Å²) in [4.78, 5) is 5.64. The van der Waals surface area contributed by atoms with Gasteiger partial charge in [-0.15, -0.1) is 11.3 Å². The summed E-state index contributed by atoms with van der Waals surface area (Å²) in [6.45, 7) is 0.585. The molecule has 3 heterocycles. The first-order valence-corrected chi connectivity index (χ1v) is 8.65. The summed E-state index contributed by atoms with van der Waals surface area (Å²) < 4.78 is 18.4. The van der Waals surface area contributed by atoms with Crippen molar-refractivity contribution < 1.29 is 13.6 Å². The van der Waals surface area contributed by atoms with Crippen molar-refractivity contribution >= 4 is 17.0 Å². The van der Waals surface area contributed by atoms with Crippen molar-refractivity contribution in [2.75, 3.05) is 7.11 Å². The molecule has 4 rings (SSSR count). The standard InChI is InChI=1S/C19H16N2O3S/c1-22-15-8-6-14(7-9-15)20-19-21(12-16-4-2-10-23-16)17(13-25-19)18-5-3-11-24-18/h2-11,13H,12H2,1H3. The number of hydrogen-bond donors (Lipinski definition) is 0. The maximum absolute atomic E-state index is 5.57. The molecule has 0 saturated carbocycles. The zero-order valence-corrected chi connectivity index (χ0v) is 14.4. The van der Waals surface area contributed by atoms with Crippen LogP contribution >= 0.6 is 11.3 Å². The van der Waals surface area contributed by atoms with E-state index in [1.54, 1.807) is 31.0 Å². The highest BCUT2D eigenvalue weighted by atomic mass is 32.1. The van der Waals surface area contributed by atoms with Crippen LogP contribution in [0.5, 0.6) is 5.75 Å². The van der Waals surface area contributed by atoms with Crippen molar-refractivity contribution in [2.45, 2.75) is 6.54 Å². The minimum absolute atomic E-state index is 0.585. The molecular formula is C19H16N2O3S. The van der Waals surface area contributed by atoms with Crippen molar-refractivity contribution in [3.63, 3.8) is 0 Å². The number of thiazole rings is 1. The lowest BCUT2D eigenvalue weighted by Crippen LogP contribution is -2.16. The van der Waals surface area contributed by atoms with Gasteiger partial charge in [-0.25, -0.2) is 4.99 Å². The van der Waals surface area contributed by atoms with E-state index in [1.807, 2.05) is 53.9 Å². The van der Waals surface area contributed by atoms with Crippen molar-refractivity contribution in [3.05, 3.63) is 77.0 Å². The van der Waals surface area contributed by atoms with Crippen LogP contribution in [-0.2, 0) is 6.54 Å². The molecule has 0 radical (unpaired) electrons. The Labute approximate surface area is 148 Å². The third kappa shape index (κ3) is 3.29. The summed E-state index contributed by atoms with van der Waals surface area (Å²) in [5.41, 5.74) is 1.83. The molecule has 0 aliphatic carbocycles. The van der Waals surface area contributed by atoms with Gasteiger partial charge in [0, 0.05) is 5.38 Å². The first-order valence-electron chi connectivity index (χ1n) is 7.77. The topological polar surface area (TPSA) is 52.8 Å². The van der Waals surface area contributed by atoms with Gasteiger partial charge in [-0.3, -0.25) is 0 Å². The molecule has 0 spiro atoms. The van der Waals surface area contributed by atoms with Gasteiger partial charge >= 0.3 is 0 Å². The second-order valence-electron chi connectivity index (χ2n) is 5.36. The summed E-state index contributed by atoms with van der Waals surface area (Å²) >= 11 is 1.56. The third-order valence-corrected chi connectivity index (χ3v) is 4.63. The molecule has 0 aliphatic rings. The summed E-state index contributed by atoms with van der Waals surface area (Å²) in [6.07, 6.45) is 3.35. The zero-order chi connectivity index (χ0) is 17.1. The number of furan rings is 2. The monoisotopic (exact) mass is 352 g/mol. The summed E-state index contributed by atoms with van der Waals surface area (Å²) in [6, 6.07) is 15.3. The molecule has 0 aliphatic heterocycles. The molecule has 0 unspecified atom stereocenters. The van der Waals surface area contributed by atoms with E-state index in [0.29, 0.717) is 6.54 Å². The lowest BCUT2D eigenvalue weighted by Gasteiger charge is -2.05. The Morgan fingerprint density at radius 3 is 2.52 bits per heavy atom. The average molecular weight is 352 g/mol. The van der Waals surface area contributed by atoms with E-state index in [2.05, 4.69) is 4.57 Å². The minimum Gasteiger partial charge on any atom is -0.497 e. The number of methoxy groups -OCH3 is 1. The van der Waals surface area contributed by atoms with Gasteiger partial charge in [0.1, 0.15) is 11.5 Å². The Morgan fingerprint density at radius 1 is 1.04 bits per heavy atom. The van der Waals surface area contributed by atoms with Crippen LogP contribution in [0.2, 0.25) is 0 Å². The molecule has 0 saturated heterocycles. The van der Waals surface area contributed by atoms with Gasteiger partial charge in [0.2, 0.25) is 0 Å². The Bertz CT molecular complexity index is 994. The predicted molar refractivity (Wildman–Crippen MR) is 96.0 cm³/mol. The van der Waals surface area contributed by atoms with Crippen LogP contribution in [0.3, 0.4) is 0 Å². The number of ether oxygens (including phenoxy) is 1. The van der Waals surface area contributed by atoms with E-state index in [0.717, 1.165) is 33.5 Å². The Balaban J connectivity index is 1.79. The molecule has 0 fully saturated rings. The number of aromatic nitrogens is 1. The Morgan fingerprint density at radius 2 is 1.84 bits per heavy atom. The van der Waals surface area contributed by atoms with Crippen LogP contribution in [0, 0.1) is 0 Å². The van der Waals surface area contributed by atoms with Crippen molar-refractivity contribution in [1.29, 1.82) is 0 Å². The third-order valence-electron chi connectivity index (χ3n) is 3.76. The molecule has 6 heteroatoms. The van der Waals surface area contributed by atoms with E-state index in [4.69, 9.17) is 18.6 Å². The average Bonchev–Trinajstić information content (AvgIpc) is 3.39. The van der Waals surface area contributed by atoms with E-state index < -0.39 is 0 Å². The lowest BCUT2D eigenvalue weighted by molar-refractivity contribution is 0.415. The summed E-state index contributed by atoms with van der Waals surface area (Å²) in [7, 11) is 1.65. The molecular weight excluding hydrogens is 336 g/mol. The first-order chi connectivity index (χ1) is 12.3. The first kappa shape index (κ1) is 15.5. The smallest absolute Gasteiger partial charge is 0.190 e. The summed E-state index contributed by atoms with van der Waals surface area (Å²) in [5.74, 6) is 2.48. The quantitative estimate of drug-likeness (QED) is 0.523. The molecule has 0 amide bonds. The van der Waals surface area contributed by atoms with Gasteiger partial charge in [-0.1, -0.05) is 0 Å². The van der Waals surface area contributed by atoms with Crippen LogP contribution < -0.4 is 9.54 Å². The minimum atomic E-state index is 0.585. The Hall–Kier alpha value is -2.99. The fourth-order valence-corrected chi connectivity index (χ4v) is 3.43. The SMILES string of the molecule is COc1ccc(N=c2scc(-c3ccco3)n2Cc2ccco2)cc1. The van der Waals surface area contributed by atoms with E-state index in [1.165, 1.54) is 0 Å². The second-order valence-corrected chi connectivity index (χ2v) is 6.19. The van der Waals surface area contributed by atoms with E-state index in [-0.39, 0.29) is 0 Å². The molecule has 0 bridgehead atoms. The number of hydrogen-bond acceptors (Lipinski definition) is 5. The maximum Gasteiger partial charge on any atom is 0.190 e. The van der Waals surface area contributed by atoms with Gasteiger partial charge in [0.25, 0.3) is 0 Å². The fourth-order valence-electron chi connectivity index (χ4n) is 2.52. The van der Waals surface area contributed by atoms with Crippen molar-refractivity contribution in [3.8, 4) is 17.2 Å². The van der Waals surface area contributed by atoms with Crippen molar-refractivity contribution in [1.82, 2.24) is 4.57 Å². The van der Waals surface area contributed by atoms with Crippen LogP contribution in [0.1, 0.15) is 5.76 Å². The van der Waals surface area contributed by atoms with Gasteiger partial charge in [-0.2, -0.15) is 0 Å². The maximum atomic E-state index is 5.57. The van der Waals surface area contributed by atoms with Gasteiger partial charge in [0.15, 0.2) is 10.6 Å². The highest BCUT2D eigenvalue weighted by Crippen LogP contribution is 2.23. The lowest BCUT2D eigenvalue weighted by atomic mass is 10.3. The van der Waals surface area contributed by atoms with E-state index >= 15 is 0 Å². The number of rotatable bonds is 5. The predicted octanol–water partition coefficient (Wildman–Crippen LogP) is 4.69. The van der Waals surface area contributed by atoms with Gasteiger partial charge in [0.05, 0.1) is 37.6 Å². The van der Waals surface area contributed by atoms with Crippen LogP contribution in [0.15, 0.2) is 80.3 Å². The zero-order valence-electron chi connectivity index (χ0n) is 13.6. The Kier molecular flexibility index (Phi) is 4.26. The van der Waals surface area contributed by atoms with Crippen LogP contribution in [0.4, 0.5) is 5.69 Å². The second kappa shape index (κ2) is 6.86. The molecule has 4 aromatic rings. The summed E-state index contributed by atoms with van der Waals surface area (Å²) in [5, 5.41) is 2.05. The van der Waals surface area contributed by atoms with E-state index in [9.17, 15) is 0 Å². The molecule has 5 nitrogen and oxygen atoms in total. The molecule has 25 heavy (non-hydrogen) atoms. The highest BCUT2D eigenvalue weighted by molar-refractivity contribution is 7.07. The van der Waals surface area contributed by atoms with Crippen molar-refractivity contribution in [2.24, 2.45) is 4.99 Å². The largest absolute Gasteiger partial charge is 0.497 e. The van der Waals surface area contributed by atoms with Gasteiger partial charge < -0.3 is 18.1 Å². The van der Waals surface area contributed by atoms with Crippen LogP contribution in [0.25, 0.3) is 11.5 Å². The normalized spacial score (nSPS) is 11.8. The molecule has 1 aromatic carbocycles. The van der Waals surface area contributed by atoms with Gasteiger partial charge in [-0.05, 0) is 48.5 Å². The molecule has 3 aromatic heterocycles. The number of benzene rings is 1. The number of nitrogens with zero attached hydrogens (tertiary/aromatic N) is 2. The molecule has 126 valence electrons. The molecule has 0 atom stereocenters. The van der Waals surface area contributed by atoms with Crippen LogP contribution in [-0.4, -0.2) is 11.7 Å². The molecule has 0 N–H and O–H groups in total. The highest BCUT2D eigenvalue weighted by Gasteiger charge is 2.12.